The summed E-state index contributed by atoms with van der Waals surface area (Å²) in [5.41, 5.74) is 0.149. The molecule has 2 saturated carbocycles. The minimum absolute atomic E-state index is 0.0435. The minimum Gasteiger partial charge on any atom is -0.496 e. The molecule has 4 atom stereocenters. The van der Waals surface area contributed by atoms with E-state index in [2.05, 4.69) is 10.3 Å². The number of ether oxygens (including phenoxy) is 2. The molecule has 1 saturated heterocycles. The number of H-pyrrole nitrogens is 1. The quantitative estimate of drug-likeness (QED) is 0.317. The number of fused-ring (bicyclic) bond motifs is 1. The smallest absolute Gasteiger partial charge is 0.271 e. The number of nitrogens with zero attached hydrogens (tertiary/aromatic N) is 1. The Labute approximate surface area is 259 Å². The molecule has 0 unspecified atom stereocenters. The van der Waals surface area contributed by atoms with Gasteiger partial charge >= 0.3 is 0 Å². The first kappa shape index (κ1) is 30.9. The van der Waals surface area contributed by atoms with Gasteiger partial charge in [0.25, 0.3) is 11.8 Å². The highest BCUT2D eigenvalue weighted by molar-refractivity contribution is 6.02. The Morgan fingerprint density at radius 1 is 1.11 bits per heavy atom. The molecule has 3 aromatic rings. The molecule has 2 aromatic carbocycles. The SMILES string of the molecule is COc1cccc2[nH]c(C(=O)N3C[C@]4(C[C@H]3C(=O)N[C@@H](C[C@@H]3CCCCC3=O)C(=O)COCc3ccccc3)CC4(F)F)cc12. The second kappa shape index (κ2) is 12.3. The Morgan fingerprint density at radius 3 is 2.60 bits per heavy atom. The molecule has 0 bridgehead atoms. The molecule has 2 N–H and O–H groups in total. The van der Waals surface area contributed by atoms with E-state index in [1.54, 1.807) is 24.3 Å². The third kappa shape index (κ3) is 6.22. The molecular weight excluding hydrogens is 584 g/mol. The summed E-state index contributed by atoms with van der Waals surface area (Å²) in [5.74, 6) is -4.52. The van der Waals surface area contributed by atoms with Crippen molar-refractivity contribution in [1.82, 2.24) is 15.2 Å². The number of Topliss-reactive ketones (excluding diaryl/α,β-unsaturated/α-hetero) is 2. The van der Waals surface area contributed by atoms with Crippen molar-refractivity contribution in [1.29, 1.82) is 0 Å². The maximum absolute atomic E-state index is 14.7. The summed E-state index contributed by atoms with van der Waals surface area (Å²) in [4.78, 5) is 58.0. The molecule has 9 nitrogen and oxygen atoms in total. The van der Waals surface area contributed by atoms with Crippen LogP contribution >= 0.6 is 0 Å². The Bertz CT molecular complexity index is 1610. The number of methoxy groups -OCH3 is 1. The Hall–Kier alpha value is -4.12. The third-order valence-electron chi connectivity index (χ3n) is 9.54. The van der Waals surface area contributed by atoms with Gasteiger partial charge < -0.3 is 24.7 Å². The number of carbonyl (C=O) groups excluding carboxylic acids is 4. The molecule has 45 heavy (non-hydrogen) atoms. The number of aromatic amines is 1. The maximum atomic E-state index is 14.7. The Balaban J connectivity index is 1.22. The number of nitrogens with one attached hydrogen (secondary N) is 2. The van der Waals surface area contributed by atoms with Crippen LogP contribution in [0.4, 0.5) is 8.78 Å². The molecular formula is C34H37F2N3O6. The van der Waals surface area contributed by atoms with Crippen LogP contribution in [0.15, 0.2) is 54.6 Å². The van der Waals surface area contributed by atoms with Crippen molar-refractivity contribution in [2.24, 2.45) is 11.3 Å². The molecule has 1 spiro atoms. The van der Waals surface area contributed by atoms with Gasteiger partial charge in [0.1, 0.15) is 29.9 Å². The van der Waals surface area contributed by atoms with Gasteiger partial charge in [0.2, 0.25) is 5.91 Å². The average molecular weight is 622 g/mol. The number of hydrogen-bond acceptors (Lipinski definition) is 6. The lowest BCUT2D eigenvalue weighted by Gasteiger charge is -2.28. The van der Waals surface area contributed by atoms with E-state index in [-0.39, 0.29) is 44.1 Å². The summed E-state index contributed by atoms with van der Waals surface area (Å²) in [6, 6.07) is 13.9. The predicted molar refractivity (Wildman–Crippen MR) is 161 cm³/mol. The molecule has 2 amide bonds. The Kier molecular flexibility index (Phi) is 8.47. The van der Waals surface area contributed by atoms with Crippen LogP contribution in [0, 0.1) is 11.3 Å². The van der Waals surface area contributed by atoms with Gasteiger partial charge in [0.05, 0.1) is 25.2 Å². The second-order valence-corrected chi connectivity index (χ2v) is 12.6. The highest BCUT2D eigenvalue weighted by atomic mass is 19.3. The van der Waals surface area contributed by atoms with Crippen LogP contribution in [0.5, 0.6) is 5.75 Å². The van der Waals surface area contributed by atoms with Crippen LogP contribution in [0.3, 0.4) is 0 Å². The molecule has 3 aliphatic rings. The average Bonchev–Trinajstić information content (AvgIpc) is 3.36. The zero-order chi connectivity index (χ0) is 31.8. The van der Waals surface area contributed by atoms with Crippen molar-refractivity contribution in [3.63, 3.8) is 0 Å². The van der Waals surface area contributed by atoms with E-state index in [4.69, 9.17) is 9.47 Å². The topological polar surface area (TPSA) is 118 Å². The number of carbonyl (C=O) groups is 4. The normalized spacial score (nSPS) is 24.5. The van der Waals surface area contributed by atoms with Gasteiger partial charge in [-0.1, -0.05) is 42.8 Å². The van der Waals surface area contributed by atoms with Gasteiger partial charge in [-0.2, -0.15) is 0 Å². The van der Waals surface area contributed by atoms with Crippen molar-refractivity contribution in [3.8, 4) is 5.75 Å². The van der Waals surface area contributed by atoms with Crippen LogP contribution in [-0.2, 0) is 25.7 Å². The van der Waals surface area contributed by atoms with Crippen molar-refractivity contribution >= 4 is 34.3 Å². The lowest BCUT2D eigenvalue weighted by atomic mass is 9.83. The van der Waals surface area contributed by atoms with E-state index < -0.39 is 53.4 Å². The summed E-state index contributed by atoms with van der Waals surface area (Å²) in [7, 11) is 1.51. The number of ketones is 2. The Morgan fingerprint density at radius 2 is 1.89 bits per heavy atom. The third-order valence-corrected chi connectivity index (χ3v) is 9.54. The first-order valence-corrected chi connectivity index (χ1v) is 15.4. The number of likely N-dealkylation sites (tertiary alicyclic amines) is 1. The van der Waals surface area contributed by atoms with E-state index in [0.29, 0.717) is 29.5 Å². The molecule has 1 aromatic heterocycles. The summed E-state index contributed by atoms with van der Waals surface area (Å²) >= 11 is 0. The first-order valence-electron chi connectivity index (χ1n) is 15.4. The lowest BCUT2D eigenvalue weighted by Crippen LogP contribution is -2.52. The lowest BCUT2D eigenvalue weighted by molar-refractivity contribution is -0.134. The largest absolute Gasteiger partial charge is 0.496 e. The van der Waals surface area contributed by atoms with E-state index in [0.717, 1.165) is 18.4 Å². The fourth-order valence-corrected chi connectivity index (χ4v) is 6.85. The van der Waals surface area contributed by atoms with Crippen LogP contribution < -0.4 is 10.1 Å². The van der Waals surface area contributed by atoms with E-state index >= 15 is 0 Å². The molecule has 2 aliphatic carbocycles. The number of alkyl halides is 2. The van der Waals surface area contributed by atoms with Gasteiger partial charge in [-0.3, -0.25) is 19.2 Å². The van der Waals surface area contributed by atoms with Crippen molar-refractivity contribution in [3.05, 3.63) is 65.9 Å². The fraction of sp³-hybridized carbons (Fsp3) is 0.471. The standard InChI is InChI=1S/C34H37F2N3O6/c1-44-30-13-7-11-24-23(30)15-26(37-24)32(43)39-20-33(19-34(33,35)36)16-27(39)31(42)38-25(14-22-10-5-6-12-28(22)40)29(41)18-45-17-21-8-3-2-4-9-21/h2-4,7-9,11,13,15,22,25,27,37H,5-6,10,12,14,16-20H2,1H3,(H,38,42)/t22-,25-,27-,33-/m0/s1. The molecule has 238 valence electrons. The van der Waals surface area contributed by atoms with Crippen molar-refractivity contribution in [2.45, 2.75) is 69.6 Å². The van der Waals surface area contributed by atoms with Gasteiger partial charge in [-0.05, 0) is 49.4 Å². The second-order valence-electron chi connectivity index (χ2n) is 12.6. The van der Waals surface area contributed by atoms with Crippen LogP contribution in [-0.4, -0.2) is 71.5 Å². The number of benzene rings is 2. The molecule has 3 fully saturated rings. The summed E-state index contributed by atoms with van der Waals surface area (Å²) in [5, 5.41) is 3.41. The van der Waals surface area contributed by atoms with Gasteiger partial charge in [0, 0.05) is 36.2 Å². The van der Waals surface area contributed by atoms with Crippen LogP contribution in [0.1, 0.15) is 61.0 Å². The van der Waals surface area contributed by atoms with Crippen molar-refractivity contribution < 1.29 is 37.4 Å². The zero-order valence-electron chi connectivity index (χ0n) is 25.2. The molecule has 11 heteroatoms. The zero-order valence-corrected chi connectivity index (χ0v) is 25.2. The summed E-state index contributed by atoms with van der Waals surface area (Å²) < 4.78 is 40.4. The minimum atomic E-state index is -3.00. The van der Waals surface area contributed by atoms with Gasteiger partial charge in [-0.15, -0.1) is 0 Å². The predicted octanol–water partition coefficient (Wildman–Crippen LogP) is 4.84. The van der Waals surface area contributed by atoms with Crippen LogP contribution in [0.25, 0.3) is 10.9 Å². The van der Waals surface area contributed by atoms with E-state index in [1.165, 1.54) is 12.0 Å². The van der Waals surface area contributed by atoms with Crippen molar-refractivity contribution in [2.75, 3.05) is 20.3 Å². The highest BCUT2D eigenvalue weighted by Gasteiger charge is 2.75. The fourth-order valence-electron chi connectivity index (χ4n) is 6.85. The van der Waals surface area contributed by atoms with Crippen LogP contribution in [0.2, 0.25) is 0 Å². The monoisotopic (exact) mass is 621 g/mol. The molecule has 6 rings (SSSR count). The molecule has 1 aliphatic heterocycles. The molecule has 2 heterocycles. The number of rotatable bonds is 11. The number of aromatic nitrogens is 1. The molecule has 0 radical (unpaired) electrons. The number of amides is 2. The van der Waals surface area contributed by atoms with E-state index in [1.807, 2.05) is 30.3 Å². The van der Waals surface area contributed by atoms with E-state index in [9.17, 15) is 28.0 Å². The van der Waals surface area contributed by atoms with Gasteiger partial charge in [-0.25, -0.2) is 8.78 Å². The summed E-state index contributed by atoms with van der Waals surface area (Å²) in [6.07, 6.45) is 2.11. The summed E-state index contributed by atoms with van der Waals surface area (Å²) in [6.45, 7) is -0.399. The first-order chi connectivity index (χ1) is 21.6. The number of hydrogen-bond donors (Lipinski definition) is 2. The highest BCUT2D eigenvalue weighted by Crippen LogP contribution is 2.66. The van der Waals surface area contributed by atoms with Gasteiger partial charge in [0.15, 0.2) is 5.78 Å². The maximum Gasteiger partial charge on any atom is 0.271 e. The number of halogens is 2.